The maximum absolute atomic E-state index is 12.7. The monoisotopic (exact) mass is 412 g/mol. The van der Waals surface area contributed by atoms with Gasteiger partial charge < -0.3 is 14.8 Å². The van der Waals surface area contributed by atoms with Crippen molar-refractivity contribution in [1.29, 1.82) is 0 Å². The van der Waals surface area contributed by atoms with Gasteiger partial charge in [0.2, 0.25) is 0 Å². The third-order valence-corrected chi connectivity index (χ3v) is 4.92. The standard InChI is InChI=1S/C18H15Cl3N2O3/c19-11-3-1-4-12(20)17(11)23-10(9-25)7-15(26)16-14(5-2-6-24)22-8-13(21)18(16)23/h1,3-4,7-8,24-25H,2,5-6,9H2. The van der Waals surface area contributed by atoms with E-state index in [1.165, 1.54) is 12.3 Å². The number of rotatable bonds is 5. The number of aliphatic hydroxyl groups excluding tert-OH is 2. The van der Waals surface area contributed by atoms with Crippen LogP contribution in [0.2, 0.25) is 15.1 Å². The molecule has 0 amide bonds. The Morgan fingerprint density at radius 3 is 2.38 bits per heavy atom. The van der Waals surface area contributed by atoms with Crippen LogP contribution in [0, 0.1) is 0 Å². The molecule has 0 atom stereocenters. The van der Waals surface area contributed by atoms with Crippen molar-refractivity contribution in [2.45, 2.75) is 19.4 Å². The molecule has 2 heterocycles. The maximum atomic E-state index is 12.7. The zero-order chi connectivity index (χ0) is 18.8. The van der Waals surface area contributed by atoms with Gasteiger partial charge in [0.15, 0.2) is 5.43 Å². The lowest BCUT2D eigenvalue weighted by Crippen LogP contribution is -2.16. The number of benzene rings is 1. The van der Waals surface area contributed by atoms with E-state index < -0.39 is 6.61 Å². The van der Waals surface area contributed by atoms with E-state index in [4.69, 9.17) is 39.9 Å². The van der Waals surface area contributed by atoms with Gasteiger partial charge in [-0.1, -0.05) is 40.9 Å². The van der Waals surface area contributed by atoms with Gasteiger partial charge in [-0.3, -0.25) is 9.78 Å². The molecular weight excluding hydrogens is 399 g/mol. The summed E-state index contributed by atoms with van der Waals surface area (Å²) in [5.74, 6) is 0. The zero-order valence-electron chi connectivity index (χ0n) is 13.5. The molecule has 26 heavy (non-hydrogen) atoms. The molecule has 3 aromatic rings. The Balaban J connectivity index is 2.49. The number of aryl methyl sites for hydroxylation is 1. The van der Waals surface area contributed by atoms with E-state index in [0.29, 0.717) is 50.9 Å². The van der Waals surface area contributed by atoms with Gasteiger partial charge in [-0.25, -0.2) is 0 Å². The molecule has 0 aliphatic carbocycles. The van der Waals surface area contributed by atoms with E-state index >= 15 is 0 Å². The zero-order valence-corrected chi connectivity index (χ0v) is 15.8. The first kappa shape index (κ1) is 19.1. The Kier molecular flexibility index (Phi) is 5.85. The molecule has 136 valence electrons. The van der Waals surface area contributed by atoms with Gasteiger partial charge in [-0.05, 0) is 25.0 Å². The van der Waals surface area contributed by atoms with Crippen molar-refractivity contribution < 1.29 is 10.2 Å². The van der Waals surface area contributed by atoms with E-state index in [1.807, 2.05) is 0 Å². The molecular formula is C18H15Cl3N2O3. The van der Waals surface area contributed by atoms with Crippen LogP contribution in [0.1, 0.15) is 17.8 Å². The van der Waals surface area contributed by atoms with Crippen molar-refractivity contribution in [3.05, 3.63) is 67.1 Å². The highest BCUT2D eigenvalue weighted by Gasteiger charge is 2.20. The number of hydrogen-bond donors (Lipinski definition) is 2. The summed E-state index contributed by atoms with van der Waals surface area (Å²) < 4.78 is 1.59. The molecule has 0 unspecified atom stereocenters. The van der Waals surface area contributed by atoms with Gasteiger partial charge in [0, 0.05) is 18.9 Å². The lowest BCUT2D eigenvalue weighted by atomic mass is 10.1. The molecule has 8 heteroatoms. The number of aliphatic hydroxyl groups is 2. The van der Waals surface area contributed by atoms with Crippen LogP contribution < -0.4 is 5.43 Å². The van der Waals surface area contributed by atoms with Crippen LogP contribution >= 0.6 is 34.8 Å². The molecule has 0 bridgehead atoms. The summed E-state index contributed by atoms with van der Waals surface area (Å²) in [6.07, 6.45) is 2.31. The number of halogens is 3. The molecule has 1 aromatic carbocycles. The van der Waals surface area contributed by atoms with Gasteiger partial charge in [-0.15, -0.1) is 0 Å². The molecule has 0 radical (unpaired) electrons. The number of nitrogens with zero attached hydrogens (tertiary/aromatic N) is 2. The quantitative estimate of drug-likeness (QED) is 0.668. The molecule has 2 N–H and O–H groups in total. The van der Waals surface area contributed by atoms with Crippen LogP contribution in [0.25, 0.3) is 16.6 Å². The van der Waals surface area contributed by atoms with Crippen LogP contribution in [0.15, 0.2) is 35.3 Å². The predicted octanol–water partition coefficient (Wildman–Crippen LogP) is 3.76. The van der Waals surface area contributed by atoms with Gasteiger partial charge in [0.25, 0.3) is 0 Å². The van der Waals surface area contributed by atoms with E-state index in [-0.39, 0.29) is 17.1 Å². The molecule has 0 saturated heterocycles. The van der Waals surface area contributed by atoms with Crippen molar-refractivity contribution in [1.82, 2.24) is 9.55 Å². The number of hydrogen-bond acceptors (Lipinski definition) is 4. The minimum atomic E-state index is -0.405. The SMILES string of the molecule is O=c1cc(CO)n(-c2c(Cl)cccc2Cl)c2c(Cl)cnc(CCCO)c12. The summed E-state index contributed by atoms with van der Waals surface area (Å²) in [5.41, 5.74) is 1.31. The van der Waals surface area contributed by atoms with Crippen LogP contribution in [0.3, 0.4) is 0 Å². The van der Waals surface area contributed by atoms with Gasteiger partial charge in [-0.2, -0.15) is 0 Å². The summed E-state index contributed by atoms with van der Waals surface area (Å²) in [4.78, 5) is 17.0. The smallest absolute Gasteiger partial charge is 0.191 e. The highest BCUT2D eigenvalue weighted by Crippen LogP contribution is 2.34. The van der Waals surface area contributed by atoms with E-state index in [0.717, 1.165) is 0 Å². The fraction of sp³-hybridized carbons (Fsp3) is 0.222. The minimum absolute atomic E-state index is 0.0228. The van der Waals surface area contributed by atoms with Crippen molar-refractivity contribution in [3.8, 4) is 5.69 Å². The first-order valence-electron chi connectivity index (χ1n) is 7.87. The Morgan fingerprint density at radius 1 is 1.08 bits per heavy atom. The molecule has 0 aliphatic heterocycles. The largest absolute Gasteiger partial charge is 0.396 e. The first-order chi connectivity index (χ1) is 12.5. The summed E-state index contributed by atoms with van der Waals surface area (Å²) in [5, 5.41) is 20.2. The van der Waals surface area contributed by atoms with Crippen LogP contribution in [0.4, 0.5) is 0 Å². The Bertz CT molecular complexity index is 1010. The van der Waals surface area contributed by atoms with Gasteiger partial charge in [0.05, 0.1) is 49.7 Å². The van der Waals surface area contributed by atoms with Crippen LogP contribution in [-0.4, -0.2) is 26.4 Å². The van der Waals surface area contributed by atoms with Crippen LogP contribution in [-0.2, 0) is 13.0 Å². The maximum Gasteiger partial charge on any atom is 0.191 e. The highest BCUT2D eigenvalue weighted by molar-refractivity contribution is 6.38. The number of fused-ring (bicyclic) bond motifs is 1. The number of para-hydroxylation sites is 1. The van der Waals surface area contributed by atoms with E-state index in [9.17, 15) is 9.90 Å². The number of aromatic nitrogens is 2. The molecule has 5 nitrogen and oxygen atoms in total. The molecule has 0 fully saturated rings. The lowest BCUT2D eigenvalue weighted by molar-refractivity contribution is 0.274. The average Bonchev–Trinajstić information content (AvgIpc) is 2.62. The van der Waals surface area contributed by atoms with Crippen LogP contribution in [0.5, 0.6) is 0 Å². The van der Waals surface area contributed by atoms with Gasteiger partial charge in [0.1, 0.15) is 0 Å². The Hall–Kier alpha value is -1.63. The van der Waals surface area contributed by atoms with E-state index in [2.05, 4.69) is 4.98 Å². The molecule has 3 rings (SSSR count). The molecule has 0 saturated carbocycles. The van der Waals surface area contributed by atoms with Crippen molar-refractivity contribution >= 4 is 45.7 Å². The second kappa shape index (κ2) is 7.94. The topological polar surface area (TPSA) is 75.3 Å². The molecule has 0 aliphatic rings. The fourth-order valence-corrected chi connectivity index (χ4v) is 3.73. The third kappa shape index (κ3) is 3.33. The third-order valence-electron chi connectivity index (χ3n) is 4.04. The second-order valence-corrected chi connectivity index (χ2v) is 6.89. The molecule has 2 aromatic heterocycles. The highest BCUT2D eigenvalue weighted by atomic mass is 35.5. The van der Waals surface area contributed by atoms with Crippen molar-refractivity contribution in [2.75, 3.05) is 6.61 Å². The lowest BCUT2D eigenvalue weighted by Gasteiger charge is -2.20. The van der Waals surface area contributed by atoms with E-state index in [1.54, 1.807) is 22.8 Å². The van der Waals surface area contributed by atoms with Crippen molar-refractivity contribution in [2.24, 2.45) is 0 Å². The normalized spacial score (nSPS) is 11.3. The average molecular weight is 414 g/mol. The number of pyridine rings is 2. The molecule has 0 spiro atoms. The van der Waals surface area contributed by atoms with Gasteiger partial charge >= 0.3 is 0 Å². The summed E-state index contributed by atoms with van der Waals surface area (Å²) in [6.45, 7) is -0.428. The summed E-state index contributed by atoms with van der Waals surface area (Å²) in [7, 11) is 0. The minimum Gasteiger partial charge on any atom is -0.396 e. The van der Waals surface area contributed by atoms with Crippen molar-refractivity contribution in [3.63, 3.8) is 0 Å². The first-order valence-corrected chi connectivity index (χ1v) is 9.01. The second-order valence-electron chi connectivity index (χ2n) is 5.67. The fourth-order valence-electron chi connectivity index (χ4n) is 2.94. The summed E-state index contributed by atoms with van der Waals surface area (Å²) >= 11 is 19.1. The summed E-state index contributed by atoms with van der Waals surface area (Å²) in [6, 6.07) is 6.35. The Morgan fingerprint density at radius 2 is 1.77 bits per heavy atom. The Labute approximate surface area is 164 Å². The predicted molar refractivity (Wildman–Crippen MR) is 104 cm³/mol.